The van der Waals surface area contributed by atoms with Crippen molar-refractivity contribution in [1.29, 1.82) is 0 Å². The minimum Gasteiger partial charge on any atom is -0.287 e. The molecule has 1 N–H and O–H groups in total. The van der Waals surface area contributed by atoms with E-state index < -0.39 is 0 Å². The number of pyridine rings is 1. The number of hydrogen-bond acceptors (Lipinski definition) is 3. The quantitative estimate of drug-likeness (QED) is 0.690. The van der Waals surface area contributed by atoms with Gasteiger partial charge in [-0.1, -0.05) is 0 Å². The summed E-state index contributed by atoms with van der Waals surface area (Å²) < 4.78 is 0. The normalized spacial score (nSPS) is 9.85. The monoisotopic (exact) mass is 173 g/mol. The molecular weight excluding hydrogens is 166 g/mol. The zero-order valence-corrected chi connectivity index (χ0v) is 6.77. The van der Waals surface area contributed by atoms with Crippen LogP contribution in [0.4, 0.5) is 0 Å². The fourth-order valence-electron chi connectivity index (χ4n) is 1.03. The second-order valence-corrected chi connectivity index (χ2v) is 2.53. The van der Waals surface area contributed by atoms with Crippen molar-refractivity contribution in [3.8, 4) is 0 Å². The molecule has 0 atom stereocenters. The Bertz CT molecular complexity index is 394. The minimum absolute atomic E-state index is 0.116. The second-order valence-electron chi connectivity index (χ2n) is 2.53. The number of carbonyl (C=O) groups is 1. The van der Waals surface area contributed by atoms with E-state index in [0.29, 0.717) is 11.3 Å². The van der Waals surface area contributed by atoms with Crippen molar-refractivity contribution in [2.24, 2.45) is 0 Å². The van der Waals surface area contributed by atoms with Crippen molar-refractivity contribution in [2.45, 2.75) is 0 Å². The molecule has 4 nitrogen and oxygen atoms in total. The van der Waals surface area contributed by atoms with Gasteiger partial charge in [0.1, 0.15) is 5.69 Å². The first-order valence-electron chi connectivity index (χ1n) is 3.82. The highest BCUT2D eigenvalue weighted by Crippen LogP contribution is 2.04. The highest BCUT2D eigenvalue weighted by atomic mass is 16.1. The Balaban J connectivity index is 2.34. The Morgan fingerprint density at radius 2 is 2.31 bits per heavy atom. The van der Waals surface area contributed by atoms with E-state index >= 15 is 0 Å². The lowest BCUT2D eigenvalue weighted by atomic mass is 10.1. The summed E-state index contributed by atoms with van der Waals surface area (Å²) >= 11 is 0. The molecule has 2 aromatic heterocycles. The van der Waals surface area contributed by atoms with E-state index in [0.717, 1.165) is 0 Å². The van der Waals surface area contributed by atoms with E-state index in [2.05, 4.69) is 15.2 Å². The fourth-order valence-corrected chi connectivity index (χ4v) is 1.03. The Kier molecular flexibility index (Phi) is 1.88. The molecule has 0 aromatic carbocycles. The first-order chi connectivity index (χ1) is 6.38. The van der Waals surface area contributed by atoms with Crippen molar-refractivity contribution in [1.82, 2.24) is 15.2 Å². The van der Waals surface area contributed by atoms with Crippen LogP contribution in [0.2, 0.25) is 0 Å². The second kappa shape index (κ2) is 3.18. The van der Waals surface area contributed by atoms with Crippen molar-refractivity contribution in [3.05, 3.63) is 48.0 Å². The Morgan fingerprint density at radius 3 is 2.92 bits per heavy atom. The average Bonchev–Trinajstić information content (AvgIpc) is 2.71. The molecule has 0 spiro atoms. The summed E-state index contributed by atoms with van der Waals surface area (Å²) in [7, 11) is 0. The van der Waals surface area contributed by atoms with Crippen LogP contribution in [-0.4, -0.2) is 21.0 Å². The molecule has 2 heterocycles. The third-order valence-corrected chi connectivity index (χ3v) is 1.66. The number of aromatic nitrogens is 3. The number of ketones is 1. The standard InChI is InChI=1S/C9H7N3O/c13-9(8-3-5-11-12-8)7-2-1-4-10-6-7/h1-6H,(H,11,12). The van der Waals surface area contributed by atoms with Crippen LogP contribution in [0.1, 0.15) is 16.1 Å². The van der Waals surface area contributed by atoms with Crippen LogP contribution in [-0.2, 0) is 0 Å². The average molecular weight is 173 g/mol. The molecule has 0 bridgehead atoms. The van der Waals surface area contributed by atoms with Gasteiger partial charge in [0.15, 0.2) is 0 Å². The number of aromatic amines is 1. The van der Waals surface area contributed by atoms with E-state index in [1.807, 2.05) is 0 Å². The molecule has 64 valence electrons. The molecule has 0 saturated heterocycles. The van der Waals surface area contributed by atoms with Gasteiger partial charge in [-0.05, 0) is 18.2 Å². The van der Waals surface area contributed by atoms with E-state index in [1.54, 1.807) is 30.6 Å². The molecular formula is C9H7N3O. The van der Waals surface area contributed by atoms with Gasteiger partial charge in [-0.15, -0.1) is 0 Å². The maximum atomic E-state index is 11.6. The van der Waals surface area contributed by atoms with Gasteiger partial charge < -0.3 is 0 Å². The smallest absolute Gasteiger partial charge is 0.214 e. The molecule has 0 fully saturated rings. The maximum Gasteiger partial charge on any atom is 0.214 e. The molecule has 0 amide bonds. The lowest BCUT2D eigenvalue weighted by Gasteiger charge is -1.94. The van der Waals surface area contributed by atoms with Crippen LogP contribution in [0.15, 0.2) is 36.8 Å². The van der Waals surface area contributed by atoms with Gasteiger partial charge in [-0.2, -0.15) is 5.10 Å². The fraction of sp³-hybridized carbons (Fsp3) is 0. The van der Waals surface area contributed by atoms with Gasteiger partial charge in [0.2, 0.25) is 5.78 Å². The molecule has 2 rings (SSSR count). The van der Waals surface area contributed by atoms with Crippen molar-refractivity contribution in [2.75, 3.05) is 0 Å². The summed E-state index contributed by atoms with van der Waals surface area (Å²) in [5, 5.41) is 6.38. The van der Waals surface area contributed by atoms with Crippen LogP contribution in [0.5, 0.6) is 0 Å². The topological polar surface area (TPSA) is 58.6 Å². The third-order valence-electron chi connectivity index (χ3n) is 1.66. The van der Waals surface area contributed by atoms with Gasteiger partial charge in [-0.25, -0.2) is 0 Å². The first kappa shape index (κ1) is 7.67. The zero-order valence-electron chi connectivity index (χ0n) is 6.77. The summed E-state index contributed by atoms with van der Waals surface area (Å²) in [6.07, 6.45) is 4.77. The lowest BCUT2D eigenvalue weighted by molar-refractivity contribution is 0.103. The van der Waals surface area contributed by atoms with Crippen LogP contribution >= 0.6 is 0 Å². The summed E-state index contributed by atoms with van der Waals surface area (Å²) in [6.45, 7) is 0. The lowest BCUT2D eigenvalue weighted by Crippen LogP contribution is -2.01. The maximum absolute atomic E-state index is 11.6. The summed E-state index contributed by atoms with van der Waals surface area (Å²) in [6, 6.07) is 5.07. The Morgan fingerprint density at radius 1 is 1.38 bits per heavy atom. The number of rotatable bonds is 2. The third kappa shape index (κ3) is 1.46. The van der Waals surface area contributed by atoms with Gasteiger partial charge >= 0.3 is 0 Å². The first-order valence-corrected chi connectivity index (χ1v) is 3.82. The van der Waals surface area contributed by atoms with Crippen LogP contribution in [0.25, 0.3) is 0 Å². The highest BCUT2D eigenvalue weighted by Gasteiger charge is 2.09. The molecule has 2 aromatic rings. The van der Waals surface area contributed by atoms with Crippen molar-refractivity contribution >= 4 is 5.78 Å². The number of nitrogens with one attached hydrogen (secondary N) is 1. The number of carbonyl (C=O) groups excluding carboxylic acids is 1. The van der Waals surface area contributed by atoms with Crippen molar-refractivity contribution < 1.29 is 4.79 Å². The predicted molar refractivity (Wildman–Crippen MR) is 46.3 cm³/mol. The number of nitrogens with zero attached hydrogens (tertiary/aromatic N) is 2. The summed E-state index contributed by atoms with van der Waals surface area (Å²) in [4.78, 5) is 15.4. The molecule has 0 saturated carbocycles. The molecule has 4 heteroatoms. The molecule has 0 aliphatic rings. The largest absolute Gasteiger partial charge is 0.287 e. The highest BCUT2D eigenvalue weighted by molar-refractivity contribution is 6.07. The van der Waals surface area contributed by atoms with Crippen LogP contribution in [0, 0.1) is 0 Å². The Labute approximate surface area is 74.6 Å². The van der Waals surface area contributed by atoms with Gasteiger partial charge in [0.05, 0.1) is 0 Å². The van der Waals surface area contributed by atoms with E-state index in [-0.39, 0.29) is 5.78 Å². The number of H-pyrrole nitrogens is 1. The minimum atomic E-state index is -0.116. The molecule has 0 aliphatic heterocycles. The number of hydrogen-bond donors (Lipinski definition) is 1. The van der Waals surface area contributed by atoms with Gasteiger partial charge in [0, 0.05) is 24.2 Å². The molecule has 0 radical (unpaired) electrons. The van der Waals surface area contributed by atoms with Gasteiger partial charge in [-0.3, -0.25) is 14.9 Å². The summed E-state index contributed by atoms with van der Waals surface area (Å²) in [5.41, 5.74) is 0.961. The van der Waals surface area contributed by atoms with Gasteiger partial charge in [0.25, 0.3) is 0 Å². The zero-order chi connectivity index (χ0) is 9.10. The molecule has 0 aliphatic carbocycles. The van der Waals surface area contributed by atoms with Crippen molar-refractivity contribution in [3.63, 3.8) is 0 Å². The van der Waals surface area contributed by atoms with E-state index in [4.69, 9.17) is 0 Å². The molecule has 13 heavy (non-hydrogen) atoms. The van der Waals surface area contributed by atoms with Crippen LogP contribution < -0.4 is 0 Å². The summed E-state index contributed by atoms with van der Waals surface area (Å²) in [5.74, 6) is -0.116. The Hall–Kier alpha value is -1.97. The van der Waals surface area contributed by atoms with Crippen LogP contribution in [0.3, 0.4) is 0 Å². The van der Waals surface area contributed by atoms with E-state index in [1.165, 1.54) is 6.20 Å². The molecule has 0 unspecified atom stereocenters. The predicted octanol–water partition coefficient (Wildman–Crippen LogP) is 1.04. The van der Waals surface area contributed by atoms with E-state index in [9.17, 15) is 4.79 Å². The SMILES string of the molecule is O=C(c1cccnc1)c1cc[nH]n1.